The molecule has 0 bridgehead atoms. The van der Waals surface area contributed by atoms with Crippen molar-refractivity contribution in [3.63, 3.8) is 0 Å². The Balaban J connectivity index is 1.11. The Morgan fingerprint density at radius 3 is 0.930 bits per heavy atom. The fraction of sp³-hybridized carbons (Fsp3) is 0. The molecule has 0 N–H and O–H groups in total. The van der Waals surface area contributed by atoms with Gasteiger partial charge in [0.05, 0.1) is 0 Å². The minimum absolute atomic E-state index is 0.0545. The Kier molecular flexibility index (Phi) is 5.15. The summed E-state index contributed by atoms with van der Waals surface area (Å²) in [5, 5.41) is 3.93. The van der Waals surface area contributed by atoms with E-state index < -0.39 is 0 Å². The van der Waals surface area contributed by atoms with Crippen LogP contribution in [0.2, 0.25) is 0 Å². The summed E-state index contributed by atoms with van der Waals surface area (Å²) in [5.41, 5.74) is 21.0. The van der Waals surface area contributed by atoms with Gasteiger partial charge >= 0.3 is 20.5 Å². The fourth-order valence-corrected chi connectivity index (χ4v) is 16.1. The van der Waals surface area contributed by atoms with Gasteiger partial charge in [-0.05, 0) is 121 Å². The van der Waals surface area contributed by atoms with E-state index in [2.05, 4.69) is 159 Å². The number of rotatable bonds is 0. The third-order valence-electron chi connectivity index (χ3n) is 13.9. The van der Waals surface area contributed by atoms with Crippen LogP contribution in [0.4, 0.5) is 0 Å². The normalized spacial score (nSPS) is 15.1. The zero-order valence-electron chi connectivity index (χ0n) is 30.2. The molecule has 16 rings (SSSR count). The SMILES string of the molecule is c1cc2c3c(c1)-c1cccc4ccn(c14)B3c1c(c3c(c4c1Sc1cccc5c1B4n1ccc4cccc-5c41)Sc1cccc4c1B3n1ccc3cccc-4c31)S2. The molecule has 6 aliphatic rings. The molecule has 3 nitrogen and oxygen atoms in total. The van der Waals surface area contributed by atoms with E-state index in [9.17, 15) is 0 Å². The maximum absolute atomic E-state index is 2.64. The maximum Gasteiger partial charge on any atom is 0.331 e. The van der Waals surface area contributed by atoms with Crippen LogP contribution >= 0.6 is 35.3 Å². The molecule has 0 fully saturated rings. The minimum atomic E-state index is 0.0545. The fourth-order valence-electron chi connectivity index (χ4n) is 11.8. The van der Waals surface area contributed by atoms with Gasteiger partial charge in [-0.15, -0.1) is 0 Å². The molecule has 258 valence electrons. The first-order valence-electron chi connectivity index (χ1n) is 19.8. The van der Waals surface area contributed by atoms with Gasteiger partial charge in [-0.1, -0.05) is 126 Å². The van der Waals surface area contributed by atoms with Gasteiger partial charge < -0.3 is 13.4 Å². The van der Waals surface area contributed by atoms with Crippen molar-refractivity contribution < 1.29 is 0 Å². The van der Waals surface area contributed by atoms with Gasteiger partial charge in [0.2, 0.25) is 0 Å². The predicted molar refractivity (Wildman–Crippen MR) is 242 cm³/mol. The summed E-state index contributed by atoms with van der Waals surface area (Å²) in [6.07, 6.45) is 7.14. The van der Waals surface area contributed by atoms with Crippen molar-refractivity contribution in [2.75, 3.05) is 0 Å². The molecular weight excluding hydrogens is 747 g/mol. The molecule has 0 radical (unpaired) electrons. The summed E-state index contributed by atoms with van der Waals surface area (Å²) in [6, 6.07) is 48.8. The monoisotopic (exact) mass is 771 g/mol. The van der Waals surface area contributed by atoms with E-state index in [1.165, 1.54) is 128 Å². The van der Waals surface area contributed by atoms with E-state index in [4.69, 9.17) is 0 Å². The average Bonchev–Trinajstić information content (AvgIpc) is 4.01. The smallest absolute Gasteiger partial charge is 0.331 e. The number of para-hydroxylation sites is 3. The van der Waals surface area contributed by atoms with Crippen LogP contribution < -0.4 is 32.8 Å². The number of nitrogens with zero attached hydrogens (tertiary/aromatic N) is 3. The van der Waals surface area contributed by atoms with Gasteiger partial charge in [-0.2, -0.15) is 0 Å². The highest BCUT2D eigenvalue weighted by Gasteiger charge is 2.51. The van der Waals surface area contributed by atoms with Gasteiger partial charge in [0, 0.05) is 62.6 Å². The lowest BCUT2D eigenvalue weighted by Crippen LogP contribution is -2.66. The van der Waals surface area contributed by atoms with Gasteiger partial charge in [-0.3, -0.25) is 0 Å². The van der Waals surface area contributed by atoms with Crippen LogP contribution in [0, 0.1) is 0 Å². The Labute approximate surface area is 341 Å². The molecule has 57 heavy (non-hydrogen) atoms. The second-order valence-corrected chi connectivity index (χ2v) is 19.5. The Morgan fingerprint density at radius 2 is 0.596 bits per heavy atom. The number of aromatic nitrogens is 3. The summed E-state index contributed by atoms with van der Waals surface area (Å²) in [4.78, 5) is 8.47. The quantitative estimate of drug-likeness (QED) is 0.146. The second kappa shape index (κ2) is 9.91. The van der Waals surface area contributed by atoms with E-state index in [0.29, 0.717) is 0 Å². The van der Waals surface area contributed by atoms with Crippen LogP contribution in [-0.2, 0) is 0 Å². The molecule has 0 saturated carbocycles. The Bertz CT molecular complexity index is 3220. The summed E-state index contributed by atoms with van der Waals surface area (Å²) in [7, 11) is 0. The Hall–Kier alpha value is -5.60. The van der Waals surface area contributed by atoms with Gasteiger partial charge in [0.1, 0.15) is 0 Å². The highest BCUT2D eigenvalue weighted by molar-refractivity contribution is 8.02. The molecule has 9 heterocycles. The molecule has 0 atom stereocenters. The summed E-state index contributed by atoms with van der Waals surface area (Å²) < 4.78 is 7.91. The largest absolute Gasteiger partial charge is 0.382 e. The molecule has 6 aliphatic heterocycles. The summed E-state index contributed by atoms with van der Waals surface area (Å²) in [6.45, 7) is 0.164. The van der Waals surface area contributed by atoms with Gasteiger partial charge in [0.25, 0.3) is 0 Å². The zero-order valence-corrected chi connectivity index (χ0v) is 32.6. The topological polar surface area (TPSA) is 14.8 Å². The second-order valence-electron chi connectivity index (χ2n) is 16.3. The minimum Gasteiger partial charge on any atom is -0.382 e. The number of fused-ring (bicyclic) bond motifs is 15. The van der Waals surface area contributed by atoms with Crippen molar-refractivity contribution in [3.05, 3.63) is 146 Å². The molecule has 3 aromatic heterocycles. The van der Waals surface area contributed by atoms with Crippen molar-refractivity contribution in [1.29, 1.82) is 0 Å². The van der Waals surface area contributed by atoms with Crippen LogP contribution in [0.1, 0.15) is 0 Å². The molecule has 0 aliphatic carbocycles. The maximum atomic E-state index is 2.64. The average molecular weight is 771 g/mol. The zero-order chi connectivity index (χ0) is 36.4. The first-order valence-corrected chi connectivity index (χ1v) is 22.2. The van der Waals surface area contributed by atoms with Crippen LogP contribution in [0.25, 0.3) is 66.1 Å². The number of benzene rings is 7. The van der Waals surface area contributed by atoms with Crippen LogP contribution in [0.5, 0.6) is 0 Å². The molecule has 0 unspecified atom stereocenters. The lowest BCUT2D eigenvalue weighted by atomic mass is 9.40. The van der Waals surface area contributed by atoms with Crippen LogP contribution in [-0.4, -0.2) is 34.0 Å². The lowest BCUT2D eigenvalue weighted by molar-refractivity contribution is 1.18. The first-order chi connectivity index (χ1) is 28.3. The molecule has 0 saturated heterocycles. The number of hydrogen-bond acceptors (Lipinski definition) is 3. The lowest BCUT2D eigenvalue weighted by Gasteiger charge is -2.43. The standard InChI is InChI=1S/C48H24B3N3S3/c1-7-25-19-22-52-43(25)31(13-1)28-10-4-16-34-37(28)49(52)40-46(55-34)41-48(57-36-18-6-12-30-33-15-2-8-26-20-23-53(44(26)33)50(41)39(30)36)42-47(40)56-35-17-5-11-29-32-14-3-9-27-21-24-54(45(27)32)51(42)38(29)35/h1-24H. The third-order valence-corrected chi connectivity index (χ3v) is 17.5. The number of hydrogen-bond donors (Lipinski definition) is 0. The third kappa shape index (κ3) is 3.29. The molecule has 0 spiro atoms. The van der Waals surface area contributed by atoms with Crippen LogP contribution in [0.3, 0.4) is 0 Å². The molecule has 10 aromatic rings. The highest BCUT2D eigenvalue weighted by atomic mass is 32.2. The van der Waals surface area contributed by atoms with E-state index in [1.54, 1.807) is 0 Å². The van der Waals surface area contributed by atoms with E-state index >= 15 is 0 Å². The van der Waals surface area contributed by atoms with E-state index in [0.717, 1.165) is 0 Å². The van der Waals surface area contributed by atoms with Crippen molar-refractivity contribution in [2.24, 2.45) is 0 Å². The summed E-state index contributed by atoms with van der Waals surface area (Å²) in [5.74, 6) is 0. The predicted octanol–water partition coefficient (Wildman–Crippen LogP) is 7.85. The molecule has 0 amide bonds. The van der Waals surface area contributed by atoms with Crippen molar-refractivity contribution in [2.45, 2.75) is 29.4 Å². The summed E-state index contributed by atoms with van der Waals surface area (Å²) >= 11 is 6.10. The van der Waals surface area contributed by atoms with E-state index in [-0.39, 0.29) is 20.5 Å². The first kappa shape index (κ1) is 29.6. The Morgan fingerprint density at radius 1 is 0.298 bits per heavy atom. The highest BCUT2D eigenvalue weighted by Crippen LogP contribution is 2.48. The van der Waals surface area contributed by atoms with Crippen molar-refractivity contribution >= 4 is 121 Å². The van der Waals surface area contributed by atoms with Crippen molar-refractivity contribution in [3.8, 4) is 33.4 Å². The van der Waals surface area contributed by atoms with Crippen molar-refractivity contribution in [1.82, 2.24) is 13.4 Å². The molecule has 9 heteroatoms. The van der Waals surface area contributed by atoms with Gasteiger partial charge in [-0.25, -0.2) is 0 Å². The molecule has 7 aromatic carbocycles. The van der Waals surface area contributed by atoms with Gasteiger partial charge in [0.15, 0.2) is 0 Å². The van der Waals surface area contributed by atoms with E-state index in [1.807, 2.05) is 35.3 Å². The van der Waals surface area contributed by atoms with Crippen LogP contribution in [0.15, 0.2) is 175 Å². The molecular formula is C48H24B3N3S3.